The third kappa shape index (κ3) is 3.10. The second-order valence-corrected chi connectivity index (χ2v) is 6.15. The van der Waals surface area contributed by atoms with Crippen molar-refractivity contribution in [3.8, 4) is 5.88 Å². The van der Waals surface area contributed by atoms with Gasteiger partial charge < -0.3 is 14.4 Å². The topological polar surface area (TPSA) is 64.5 Å². The first-order valence-electron chi connectivity index (χ1n) is 8.21. The van der Waals surface area contributed by atoms with Crippen molar-refractivity contribution in [3.05, 3.63) is 53.7 Å². The Bertz CT molecular complexity index is 722. The van der Waals surface area contributed by atoms with E-state index in [0.29, 0.717) is 32.0 Å². The molecule has 0 radical (unpaired) electrons. The summed E-state index contributed by atoms with van der Waals surface area (Å²) in [5, 5.41) is 7.73. The number of rotatable bonds is 3. The fourth-order valence-electron chi connectivity index (χ4n) is 3.25. The average Bonchev–Trinajstić information content (AvgIpc) is 3.10. The van der Waals surface area contributed by atoms with Crippen LogP contribution in [-0.4, -0.2) is 46.3 Å². The highest BCUT2D eigenvalue weighted by Gasteiger charge is 2.34. The van der Waals surface area contributed by atoms with Crippen LogP contribution < -0.4 is 4.74 Å². The molecule has 0 N–H and O–H groups in total. The lowest BCUT2D eigenvalue weighted by atomic mass is 9.98. The number of carbonyl (C=O) groups is 1. The Morgan fingerprint density at radius 1 is 1.21 bits per heavy atom. The van der Waals surface area contributed by atoms with E-state index in [4.69, 9.17) is 9.47 Å². The van der Waals surface area contributed by atoms with Gasteiger partial charge in [0.15, 0.2) is 0 Å². The van der Waals surface area contributed by atoms with Crippen LogP contribution in [0.25, 0.3) is 0 Å². The predicted molar refractivity (Wildman–Crippen MR) is 86.4 cm³/mol. The summed E-state index contributed by atoms with van der Waals surface area (Å²) in [5.74, 6) is 0.550. The number of fused-ring (bicyclic) bond motifs is 1. The second-order valence-electron chi connectivity index (χ2n) is 6.15. The molecule has 0 aliphatic carbocycles. The van der Waals surface area contributed by atoms with Gasteiger partial charge >= 0.3 is 0 Å². The summed E-state index contributed by atoms with van der Waals surface area (Å²) in [4.78, 5) is 14.6. The molecule has 0 saturated carbocycles. The van der Waals surface area contributed by atoms with E-state index in [2.05, 4.69) is 22.3 Å². The Labute approximate surface area is 140 Å². The first-order chi connectivity index (χ1) is 11.8. The summed E-state index contributed by atoms with van der Waals surface area (Å²) < 4.78 is 11.6. The summed E-state index contributed by atoms with van der Waals surface area (Å²) in [6.07, 6.45) is 2.61. The van der Waals surface area contributed by atoms with E-state index in [1.165, 1.54) is 11.1 Å². The number of hydrogen-bond donors (Lipinski definition) is 0. The molecule has 1 fully saturated rings. The molecular weight excluding hydrogens is 306 g/mol. The smallest absolute Gasteiger partial charge is 0.252 e. The maximum atomic E-state index is 12.7. The van der Waals surface area contributed by atoms with Crippen LogP contribution in [-0.2, 0) is 22.6 Å². The lowest BCUT2D eigenvalue weighted by Gasteiger charge is -2.28. The van der Waals surface area contributed by atoms with Crippen molar-refractivity contribution >= 4 is 5.91 Å². The fourth-order valence-corrected chi connectivity index (χ4v) is 3.25. The molecule has 6 heteroatoms. The van der Waals surface area contributed by atoms with E-state index in [1.807, 2.05) is 17.0 Å². The molecule has 3 heterocycles. The molecule has 2 aliphatic rings. The van der Waals surface area contributed by atoms with Crippen molar-refractivity contribution in [2.75, 3.05) is 13.1 Å². The van der Waals surface area contributed by atoms with Gasteiger partial charge in [-0.15, -0.1) is 5.10 Å². The molecule has 1 aromatic carbocycles. The van der Waals surface area contributed by atoms with E-state index >= 15 is 0 Å². The lowest BCUT2D eigenvalue weighted by molar-refractivity contribution is -0.144. The zero-order valence-electron chi connectivity index (χ0n) is 13.3. The Morgan fingerprint density at radius 2 is 2.08 bits per heavy atom. The third-order valence-corrected chi connectivity index (χ3v) is 4.53. The average molecular weight is 325 g/mol. The van der Waals surface area contributed by atoms with Crippen LogP contribution in [0, 0.1) is 0 Å². The molecule has 4 rings (SSSR count). The number of hydrogen-bond acceptors (Lipinski definition) is 5. The van der Waals surface area contributed by atoms with Gasteiger partial charge in [0.05, 0.1) is 13.2 Å². The maximum Gasteiger partial charge on any atom is 0.252 e. The van der Waals surface area contributed by atoms with Gasteiger partial charge in [-0.25, -0.2) is 0 Å². The molecular formula is C18H19N3O3. The highest BCUT2D eigenvalue weighted by Crippen LogP contribution is 2.23. The van der Waals surface area contributed by atoms with Gasteiger partial charge in [0.25, 0.3) is 5.91 Å². The lowest BCUT2D eigenvalue weighted by Crippen LogP contribution is -2.42. The van der Waals surface area contributed by atoms with Crippen LogP contribution in [0.5, 0.6) is 5.88 Å². The van der Waals surface area contributed by atoms with Crippen LogP contribution in [0.1, 0.15) is 17.5 Å². The normalized spacial score (nSPS) is 22.9. The number of aromatic nitrogens is 2. The predicted octanol–water partition coefficient (Wildman–Crippen LogP) is 1.60. The number of benzene rings is 1. The Morgan fingerprint density at radius 3 is 2.92 bits per heavy atom. The van der Waals surface area contributed by atoms with Crippen molar-refractivity contribution in [1.29, 1.82) is 0 Å². The fraction of sp³-hybridized carbons (Fsp3) is 0.389. The number of ether oxygens (including phenoxy) is 2. The van der Waals surface area contributed by atoms with Crippen molar-refractivity contribution in [2.45, 2.75) is 31.7 Å². The van der Waals surface area contributed by atoms with Crippen LogP contribution >= 0.6 is 0 Å². The first-order valence-corrected chi connectivity index (χ1v) is 8.21. The second kappa shape index (κ2) is 6.57. The van der Waals surface area contributed by atoms with Crippen LogP contribution in [0.15, 0.2) is 42.6 Å². The summed E-state index contributed by atoms with van der Waals surface area (Å²) >= 11 is 0. The minimum Gasteiger partial charge on any atom is -0.471 e. The zero-order valence-corrected chi connectivity index (χ0v) is 13.3. The highest BCUT2D eigenvalue weighted by atomic mass is 16.5. The maximum absolute atomic E-state index is 12.7. The van der Waals surface area contributed by atoms with E-state index in [-0.39, 0.29) is 12.0 Å². The molecule has 24 heavy (non-hydrogen) atoms. The largest absolute Gasteiger partial charge is 0.471 e. The van der Waals surface area contributed by atoms with Crippen molar-refractivity contribution in [3.63, 3.8) is 0 Å². The molecule has 1 saturated heterocycles. The number of nitrogens with zero attached hydrogens (tertiary/aromatic N) is 3. The van der Waals surface area contributed by atoms with E-state index in [1.54, 1.807) is 18.3 Å². The van der Waals surface area contributed by atoms with Crippen LogP contribution in [0.3, 0.4) is 0 Å². The van der Waals surface area contributed by atoms with Gasteiger partial charge in [-0.05, 0) is 17.2 Å². The van der Waals surface area contributed by atoms with Gasteiger partial charge in [0, 0.05) is 31.6 Å². The Kier molecular flexibility index (Phi) is 4.13. The monoisotopic (exact) mass is 325 g/mol. The number of amides is 1. The molecule has 2 atom stereocenters. The number of carbonyl (C=O) groups excluding carboxylic acids is 1. The van der Waals surface area contributed by atoms with E-state index < -0.39 is 6.10 Å². The zero-order chi connectivity index (χ0) is 16.4. The molecule has 124 valence electrons. The van der Waals surface area contributed by atoms with Crippen molar-refractivity contribution < 1.29 is 14.3 Å². The van der Waals surface area contributed by atoms with Gasteiger partial charge in [-0.3, -0.25) is 4.79 Å². The molecule has 1 amide bonds. The van der Waals surface area contributed by atoms with E-state index in [9.17, 15) is 4.79 Å². The summed E-state index contributed by atoms with van der Waals surface area (Å²) in [5.41, 5.74) is 2.38. The summed E-state index contributed by atoms with van der Waals surface area (Å²) in [7, 11) is 0. The van der Waals surface area contributed by atoms with Gasteiger partial charge in [0.1, 0.15) is 12.2 Å². The molecule has 1 aromatic heterocycles. The molecule has 0 bridgehead atoms. The van der Waals surface area contributed by atoms with Crippen LogP contribution in [0.2, 0.25) is 0 Å². The highest BCUT2D eigenvalue weighted by molar-refractivity contribution is 5.82. The molecule has 2 aliphatic heterocycles. The van der Waals surface area contributed by atoms with Crippen molar-refractivity contribution in [2.24, 2.45) is 0 Å². The third-order valence-electron chi connectivity index (χ3n) is 4.53. The molecule has 0 spiro atoms. The van der Waals surface area contributed by atoms with Gasteiger partial charge in [0.2, 0.25) is 5.88 Å². The van der Waals surface area contributed by atoms with Crippen molar-refractivity contribution in [1.82, 2.24) is 15.1 Å². The Hall–Kier alpha value is -2.47. The first kappa shape index (κ1) is 15.1. The summed E-state index contributed by atoms with van der Waals surface area (Å²) in [6.45, 7) is 1.75. The minimum atomic E-state index is -0.393. The van der Waals surface area contributed by atoms with Crippen LogP contribution in [0.4, 0.5) is 0 Å². The van der Waals surface area contributed by atoms with Gasteiger partial charge in [-0.2, -0.15) is 5.10 Å². The standard InChI is InChI=1S/C18H19N3O3/c22-18(16-10-13-4-1-2-5-14(13)12-23-16)21-9-7-15(11-21)24-17-6-3-8-19-20-17/h1-6,8,15-16H,7,9-12H2/t15-,16+/m1/s1. The quantitative estimate of drug-likeness (QED) is 0.857. The van der Waals surface area contributed by atoms with Gasteiger partial charge in [-0.1, -0.05) is 24.3 Å². The minimum absolute atomic E-state index is 0.0403. The number of likely N-dealkylation sites (tertiary alicyclic amines) is 1. The Balaban J connectivity index is 1.36. The molecule has 6 nitrogen and oxygen atoms in total. The molecule has 2 aromatic rings. The summed E-state index contributed by atoms with van der Waals surface area (Å²) in [6, 6.07) is 11.7. The SMILES string of the molecule is O=C([C@@H]1Cc2ccccc2CO1)N1CC[C@@H](Oc2cccnn2)C1. The molecule has 0 unspecified atom stereocenters. The van der Waals surface area contributed by atoms with E-state index in [0.717, 1.165) is 6.42 Å².